The first-order chi connectivity index (χ1) is 6.03. The molecule has 1 aliphatic rings. The normalized spacial score (nSPS) is 30.5. The van der Waals surface area contributed by atoms with Gasteiger partial charge in [-0.25, -0.2) is 0 Å². The predicted molar refractivity (Wildman–Crippen MR) is 55.0 cm³/mol. The van der Waals surface area contributed by atoms with Gasteiger partial charge in [0, 0.05) is 25.2 Å². The summed E-state index contributed by atoms with van der Waals surface area (Å²) in [7, 11) is 1.79. The molecule has 0 aromatic heterocycles. The fraction of sp³-hybridized carbons (Fsp3) is 1.00. The number of rotatable bonds is 2. The van der Waals surface area contributed by atoms with Crippen LogP contribution in [0.5, 0.6) is 0 Å². The van der Waals surface area contributed by atoms with Crippen LogP contribution in [0.4, 0.5) is 0 Å². The van der Waals surface area contributed by atoms with Crippen LogP contribution in [0.25, 0.3) is 0 Å². The van der Waals surface area contributed by atoms with Crippen LogP contribution in [0.1, 0.15) is 27.2 Å². The van der Waals surface area contributed by atoms with E-state index in [1.54, 1.807) is 7.11 Å². The molecule has 78 valence electrons. The van der Waals surface area contributed by atoms with Crippen LogP contribution in [-0.4, -0.2) is 37.9 Å². The highest BCUT2D eigenvalue weighted by molar-refractivity contribution is 4.88. The summed E-state index contributed by atoms with van der Waals surface area (Å²) in [5, 5.41) is 6.93. The first-order valence-electron chi connectivity index (χ1n) is 5.04. The number of hydrogen-bond donors (Lipinski definition) is 2. The third-order valence-electron chi connectivity index (χ3n) is 2.35. The topological polar surface area (TPSA) is 33.3 Å². The van der Waals surface area contributed by atoms with Crippen LogP contribution in [0.3, 0.4) is 0 Å². The van der Waals surface area contributed by atoms with Crippen molar-refractivity contribution in [1.82, 2.24) is 10.6 Å². The average molecular weight is 186 g/mol. The van der Waals surface area contributed by atoms with Crippen LogP contribution >= 0.6 is 0 Å². The van der Waals surface area contributed by atoms with Gasteiger partial charge in [-0.3, -0.25) is 0 Å². The van der Waals surface area contributed by atoms with Crippen molar-refractivity contribution in [1.29, 1.82) is 0 Å². The highest BCUT2D eigenvalue weighted by Gasteiger charge is 2.27. The van der Waals surface area contributed by atoms with Gasteiger partial charge in [0.2, 0.25) is 0 Å². The fourth-order valence-electron chi connectivity index (χ4n) is 1.80. The zero-order chi connectivity index (χ0) is 9.90. The Hall–Kier alpha value is -0.120. The molecule has 1 fully saturated rings. The molecule has 1 aliphatic heterocycles. The molecule has 2 atom stereocenters. The lowest BCUT2D eigenvalue weighted by molar-refractivity contribution is 0.0429. The van der Waals surface area contributed by atoms with Crippen LogP contribution < -0.4 is 10.6 Å². The van der Waals surface area contributed by atoms with Crippen LogP contribution in [0, 0.1) is 0 Å². The van der Waals surface area contributed by atoms with Crippen molar-refractivity contribution in [2.75, 3.05) is 20.2 Å². The SMILES string of the molecule is CO[C@H]1CNCC[C@H]1NC(C)(C)C. The van der Waals surface area contributed by atoms with Gasteiger partial charge >= 0.3 is 0 Å². The zero-order valence-electron chi connectivity index (χ0n) is 9.18. The van der Waals surface area contributed by atoms with E-state index in [0.717, 1.165) is 19.5 Å². The summed E-state index contributed by atoms with van der Waals surface area (Å²) >= 11 is 0. The monoisotopic (exact) mass is 186 g/mol. The number of ether oxygens (including phenoxy) is 1. The Morgan fingerprint density at radius 1 is 1.38 bits per heavy atom. The summed E-state index contributed by atoms with van der Waals surface area (Å²) in [4.78, 5) is 0. The van der Waals surface area contributed by atoms with Gasteiger partial charge in [0.15, 0.2) is 0 Å². The molecule has 0 amide bonds. The maximum atomic E-state index is 5.42. The smallest absolute Gasteiger partial charge is 0.0848 e. The van der Waals surface area contributed by atoms with Crippen LogP contribution in [0.15, 0.2) is 0 Å². The van der Waals surface area contributed by atoms with Crippen molar-refractivity contribution < 1.29 is 4.74 Å². The van der Waals surface area contributed by atoms with Gasteiger partial charge in [-0.1, -0.05) is 0 Å². The third-order valence-corrected chi connectivity index (χ3v) is 2.35. The molecule has 1 rings (SSSR count). The molecule has 0 aliphatic carbocycles. The second-order valence-corrected chi connectivity index (χ2v) is 4.77. The molecular weight excluding hydrogens is 164 g/mol. The van der Waals surface area contributed by atoms with E-state index in [1.165, 1.54) is 0 Å². The molecule has 2 N–H and O–H groups in total. The first kappa shape index (κ1) is 11.0. The highest BCUT2D eigenvalue weighted by atomic mass is 16.5. The molecule has 0 unspecified atom stereocenters. The van der Waals surface area contributed by atoms with Crippen molar-refractivity contribution in [2.45, 2.75) is 44.9 Å². The lowest BCUT2D eigenvalue weighted by Gasteiger charge is -2.36. The lowest BCUT2D eigenvalue weighted by atomic mass is 9.99. The lowest BCUT2D eigenvalue weighted by Crippen LogP contribution is -2.56. The van der Waals surface area contributed by atoms with Crippen LogP contribution in [0.2, 0.25) is 0 Å². The standard InChI is InChI=1S/C10H22N2O/c1-10(2,3)12-8-5-6-11-7-9(8)13-4/h8-9,11-12H,5-7H2,1-4H3/t8-,9+/m1/s1. The second-order valence-electron chi connectivity index (χ2n) is 4.77. The molecule has 0 aromatic carbocycles. The van der Waals surface area contributed by atoms with E-state index in [1.807, 2.05) is 0 Å². The van der Waals surface area contributed by atoms with Crippen LogP contribution in [-0.2, 0) is 4.74 Å². The number of piperidine rings is 1. The summed E-state index contributed by atoms with van der Waals surface area (Å²) in [5.74, 6) is 0. The van der Waals surface area contributed by atoms with Gasteiger partial charge in [-0.05, 0) is 33.7 Å². The summed E-state index contributed by atoms with van der Waals surface area (Å²) in [6.07, 6.45) is 1.46. The quantitative estimate of drug-likeness (QED) is 0.668. The summed E-state index contributed by atoms with van der Waals surface area (Å²) in [6.45, 7) is 8.64. The van der Waals surface area contributed by atoms with E-state index in [4.69, 9.17) is 4.74 Å². The fourth-order valence-corrected chi connectivity index (χ4v) is 1.80. The Morgan fingerprint density at radius 3 is 2.62 bits per heavy atom. The van der Waals surface area contributed by atoms with E-state index in [-0.39, 0.29) is 5.54 Å². The summed E-state index contributed by atoms with van der Waals surface area (Å²) in [6, 6.07) is 0.492. The van der Waals surface area contributed by atoms with Gasteiger partial charge in [0.25, 0.3) is 0 Å². The van der Waals surface area contributed by atoms with Gasteiger partial charge in [-0.15, -0.1) is 0 Å². The molecule has 0 aromatic rings. The Bertz CT molecular complexity index is 153. The minimum absolute atomic E-state index is 0.179. The Labute approximate surface area is 81.2 Å². The Morgan fingerprint density at radius 2 is 2.08 bits per heavy atom. The number of hydrogen-bond acceptors (Lipinski definition) is 3. The van der Waals surface area contributed by atoms with Gasteiger partial charge in [0.05, 0.1) is 6.10 Å². The third kappa shape index (κ3) is 3.63. The second kappa shape index (κ2) is 4.40. The van der Waals surface area contributed by atoms with Crippen molar-refractivity contribution in [3.63, 3.8) is 0 Å². The minimum atomic E-state index is 0.179. The van der Waals surface area contributed by atoms with Crippen molar-refractivity contribution >= 4 is 0 Å². The van der Waals surface area contributed by atoms with E-state index in [2.05, 4.69) is 31.4 Å². The van der Waals surface area contributed by atoms with E-state index in [0.29, 0.717) is 12.1 Å². The Balaban J connectivity index is 2.45. The molecular formula is C10H22N2O. The minimum Gasteiger partial charge on any atom is -0.379 e. The molecule has 0 bridgehead atoms. The maximum Gasteiger partial charge on any atom is 0.0848 e. The van der Waals surface area contributed by atoms with Crippen molar-refractivity contribution in [2.24, 2.45) is 0 Å². The largest absolute Gasteiger partial charge is 0.379 e. The average Bonchev–Trinajstić information content (AvgIpc) is 2.02. The predicted octanol–water partition coefficient (Wildman–Crippen LogP) is 0.751. The highest BCUT2D eigenvalue weighted by Crippen LogP contribution is 2.11. The zero-order valence-corrected chi connectivity index (χ0v) is 9.18. The number of nitrogens with one attached hydrogen (secondary N) is 2. The van der Waals surface area contributed by atoms with Crippen molar-refractivity contribution in [3.8, 4) is 0 Å². The molecule has 0 spiro atoms. The van der Waals surface area contributed by atoms with Gasteiger partial charge < -0.3 is 15.4 Å². The summed E-state index contributed by atoms with van der Waals surface area (Å²) < 4.78 is 5.42. The summed E-state index contributed by atoms with van der Waals surface area (Å²) in [5.41, 5.74) is 0.179. The molecule has 1 heterocycles. The van der Waals surface area contributed by atoms with Gasteiger partial charge in [-0.2, -0.15) is 0 Å². The maximum absolute atomic E-state index is 5.42. The van der Waals surface area contributed by atoms with Crippen molar-refractivity contribution in [3.05, 3.63) is 0 Å². The molecule has 3 heteroatoms. The van der Waals surface area contributed by atoms with E-state index >= 15 is 0 Å². The van der Waals surface area contributed by atoms with Gasteiger partial charge in [0.1, 0.15) is 0 Å². The first-order valence-corrected chi connectivity index (χ1v) is 5.04. The molecule has 3 nitrogen and oxygen atoms in total. The molecule has 0 radical (unpaired) electrons. The Kier molecular flexibility index (Phi) is 3.71. The number of methoxy groups -OCH3 is 1. The molecule has 13 heavy (non-hydrogen) atoms. The van der Waals surface area contributed by atoms with E-state index < -0.39 is 0 Å². The molecule has 1 saturated heterocycles. The molecule has 0 saturated carbocycles. The van der Waals surface area contributed by atoms with E-state index in [9.17, 15) is 0 Å².